The Morgan fingerprint density at radius 3 is 2.59 bits per heavy atom. The number of nitrogen functional groups attached to an aromatic ring is 1. The Kier molecular flexibility index (Phi) is 5.64. The maximum absolute atomic E-state index is 12.8. The highest BCUT2D eigenvalue weighted by Gasteiger charge is 2.23. The number of rotatable bonds is 5. The van der Waals surface area contributed by atoms with E-state index >= 15 is 0 Å². The van der Waals surface area contributed by atoms with Crippen LogP contribution in [0.1, 0.15) is 15.9 Å². The highest BCUT2D eigenvalue weighted by atomic mass is 16.5. The molecule has 0 fully saturated rings. The number of terminal acetylenes is 1. The van der Waals surface area contributed by atoms with Crippen LogP contribution in [0.4, 0.5) is 5.82 Å². The van der Waals surface area contributed by atoms with Crippen molar-refractivity contribution in [2.45, 2.75) is 0 Å². The van der Waals surface area contributed by atoms with Crippen LogP contribution in [-0.2, 0) is 14.1 Å². The normalized spacial score (nSPS) is 10.7. The zero-order valence-electron chi connectivity index (χ0n) is 14.7. The summed E-state index contributed by atoms with van der Waals surface area (Å²) in [6, 6.07) is 8.41. The van der Waals surface area contributed by atoms with Crippen molar-refractivity contribution >= 4 is 17.7 Å². The number of ketones is 1. The first-order valence-corrected chi connectivity index (χ1v) is 7.70. The summed E-state index contributed by atoms with van der Waals surface area (Å²) in [4.78, 5) is 37.0. The van der Waals surface area contributed by atoms with E-state index in [2.05, 4.69) is 5.92 Å². The summed E-state index contributed by atoms with van der Waals surface area (Å²) in [5.41, 5.74) is 3.87. The number of carbonyl (C=O) groups is 1. The molecule has 0 saturated heterocycles. The second-order valence-electron chi connectivity index (χ2n) is 5.50. The highest BCUT2D eigenvalue weighted by Crippen LogP contribution is 2.22. The van der Waals surface area contributed by atoms with Crippen LogP contribution in [0.3, 0.4) is 0 Å². The maximum Gasteiger partial charge on any atom is 0.332 e. The third-order valence-corrected chi connectivity index (χ3v) is 3.83. The average molecular weight is 364 g/mol. The van der Waals surface area contributed by atoms with E-state index in [-0.39, 0.29) is 18.0 Å². The molecule has 0 aliphatic rings. The SMILES string of the molecule is C#CCOc1ccccc1/C=C(\C#N)C(=O)c1c(N)n(C)c(=O)n(C)c1=O. The molecule has 0 aliphatic carbocycles. The number of carbonyl (C=O) groups excluding carboxylic acids is 1. The minimum absolute atomic E-state index is 0.00890. The summed E-state index contributed by atoms with van der Waals surface area (Å²) >= 11 is 0. The van der Waals surface area contributed by atoms with Crippen LogP contribution in [0.2, 0.25) is 0 Å². The summed E-state index contributed by atoms with van der Waals surface area (Å²) in [7, 11) is 2.55. The zero-order chi connectivity index (χ0) is 20.1. The molecule has 0 saturated carbocycles. The molecule has 0 aliphatic heterocycles. The zero-order valence-corrected chi connectivity index (χ0v) is 14.7. The minimum Gasteiger partial charge on any atom is -0.480 e. The molecule has 0 radical (unpaired) electrons. The molecule has 2 rings (SSSR count). The molecule has 2 N–H and O–H groups in total. The second-order valence-corrected chi connectivity index (χ2v) is 5.50. The van der Waals surface area contributed by atoms with Crippen LogP contribution < -0.4 is 21.7 Å². The summed E-state index contributed by atoms with van der Waals surface area (Å²) in [6.45, 7) is 0.00890. The lowest BCUT2D eigenvalue weighted by atomic mass is 10.0. The van der Waals surface area contributed by atoms with Crippen molar-refractivity contribution in [1.29, 1.82) is 5.26 Å². The molecule has 0 bridgehead atoms. The van der Waals surface area contributed by atoms with Gasteiger partial charge in [0.05, 0.1) is 0 Å². The number of anilines is 1. The van der Waals surface area contributed by atoms with E-state index in [4.69, 9.17) is 16.9 Å². The van der Waals surface area contributed by atoms with Crippen molar-refractivity contribution in [2.75, 3.05) is 12.3 Å². The van der Waals surface area contributed by atoms with Crippen LogP contribution >= 0.6 is 0 Å². The fraction of sp³-hybridized carbons (Fsp3) is 0.158. The summed E-state index contributed by atoms with van der Waals surface area (Å²) in [5, 5.41) is 9.43. The topological polar surface area (TPSA) is 120 Å². The number of hydrogen-bond donors (Lipinski definition) is 1. The smallest absolute Gasteiger partial charge is 0.332 e. The Hall–Kier alpha value is -4.04. The number of allylic oxidation sites excluding steroid dienone is 1. The van der Waals surface area contributed by atoms with Crippen molar-refractivity contribution in [1.82, 2.24) is 9.13 Å². The van der Waals surface area contributed by atoms with Gasteiger partial charge in [0.15, 0.2) is 0 Å². The molecular formula is C19H16N4O4. The number of ether oxygens (including phenoxy) is 1. The maximum atomic E-state index is 12.8. The number of hydrogen-bond acceptors (Lipinski definition) is 6. The number of para-hydroxylation sites is 1. The average Bonchev–Trinajstić information content (AvgIpc) is 2.68. The number of Topliss-reactive ketones (excluding diaryl/α,β-unsaturated/α-hetero) is 1. The third kappa shape index (κ3) is 3.65. The van der Waals surface area contributed by atoms with Gasteiger partial charge in [0.1, 0.15) is 35.4 Å². The molecule has 0 unspecified atom stereocenters. The number of nitrogens with two attached hydrogens (primary N) is 1. The molecule has 27 heavy (non-hydrogen) atoms. The first kappa shape index (κ1) is 19.3. The van der Waals surface area contributed by atoms with Gasteiger partial charge in [0, 0.05) is 19.7 Å². The Labute approximate surface area is 154 Å². The van der Waals surface area contributed by atoms with Crippen molar-refractivity contribution in [2.24, 2.45) is 14.1 Å². The van der Waals surface area contributed by atoms with E-state index < -0.39 is 22.6 Å². The fourth-order valence-corrected chi connectivity index (χ4v) is 2.36. The Balaban J connectivity index is 2.62. The molecule has 0 atom stereocenters. The van der Waals surface area contributed by atoms with Crippen LogP contribution in [0.15, 0.2) is 39.4 Å². The van der Waals surface area contributed by atoms with Crippen molar-refractivity contribution in [3.05, 3.63) is 61.8 Å². The first-order valence-electron chi connectivity index (χ1n) is 7.70. The van der Waals surface area contributed by atoms with Crippen LogP contribution in [0.5, 0.6) is 5.75 Å². The first-order chi connectivity index (χ1) is 12.8. The van der Waals surface area contributed by atoms with Gasteiger partial charge in [0.2, 0.25) is 5.78 Å². The minimum atomic E-state index is -0.891. The van der Waals surface area contributed by atoms with E-state index in [0.717, 1.165) is 9.13 Å². The largest absolute Gasteiger partial charge is 0.480 e. The Bertz CT molecular complexity index is 1140. The van der Waals surface area contributed by atoms with Crippen molar-refractivity contribution in [3.63, 3.8) is 0 Å². The van der Waals surface area contributed by atoms with Gasteiger partial charge in [-0.25, -0.2) is 4.79 Å². The van der Waals surface area contributed by atoms with Gasteiger partial charge < -0.3 is 10.5 Å². The van der Waals surface area contributed by atoms with E-state index in [9.17, 15) is 19.6 Å². The van der Waals surface area contributed by atoms with Crippen LogP contribution in [0, 0.1) is 23.7 Å². The van der Waals surface area contributed by atoms with Crippen molar-refractivity contribution < 1.29 is 9.53 Å². The molecule has 2 aromatic rings. The number of nitriles is 1. The Morgan fingerprint density at radius 1 is 1.30 bits per heavy atom. The number of nitrogens with zero attached hydrogens (tertiary/aromatic N) is 3. The van der Waals surface area contributed by atoms with Gasteiger partial charge in [0.25, 0.3) is 5.56 Å². The van der Waals surface area contributed by atoms with Gasteiger partial charge in [-0.3, -0.25) is 18.7 Å². The molecular weight excluding hydrogens is 348 g/mol. The third-order valence-electron chi connectivity index (χ3n) is 3.83. The predicted octanol–water partition coefficient (Wildman–Crippen LogP) is 0.468. The molecule has 136 valence electrons. The lowest BCUT2D eigenvalue weighted by molar-refractivity contribution is 0.103. The highest BCUT2D eigenvalue weighted by molar-refractivity contribution is 6.16. The fourth-order valence-electron chi connectivity index (χ4n) is 2.36. The Morgan fingerprint density at radius 2 is 1.96 bits per heavy atom. The van der Waals surface area contributed by atoms with Gasteiger partial charge >= 0.3 is 5.69 Å². The van der Waals surface area contributed by atoms with Gasteiger partial charge in [-0.15, -0.1) is 6.42 Å². The van der Waals surface area contributed by atoms with E-state index in [1.165, 1.54) is 20.2 Å². The molecule has 1 heterocycles. The quantitative estimate of drug-likeness (QED) is 0.356. The molecule has 8 heteroatoms. The molecule has 0 amide bonds. The van der Waals surface area contributed by atoms with Crippen LogP contribution in [-0.4, -0.2) is 21.5 Å². The predicted molar refractivity (Wildman–Crippen MR) is 100 cm³/mol. The van der Waals surface area contributed by atoms with Gasteiger partial charge in [-0.1, -0.05) is 24.1 Å². The van der Waals surface area contributed by atoms with E-state index in [1.54, 1.807) is 30.3 Å². The monoisotopic (exact) mass is 364 g/mol. The van der Waals surface area contributed by atoms with E-state index in [1.807, 2.05) is 0 Å². The molecule has 8 nitrogen and oxygen atoms in total. The summed E-state index contributed by atoms with van der Waals surface area (Å²) < 4.78 is 7.10. The lowest BCUT2D eigenvalue weighted by Gasteiger charge is -2.11. The second kappa shape index (κ2) is 7.89. The standard InChI is InChI=1S/C19H16N4O4/c1-4-9-27-14-8-6-5-7-12(14)10-13(11-20)16(24)15-17(21)22(2)19(26)23(3)18(15)25/h1,5-8,10H,9,21H2,2-3H3/b13-10+. The lowest BCUT2D eigenvalue weighted by Crippen LogP contribution is -2.41. The summed E-state index contributed by atoms with van der Waals surface area (Å²) in [6.07, 6.45) is 6.45. The van der Waals surface area contributed by atoms with Crippen LogP contribution in [0.25, 0.3) is 6.08 Å². The number of aromatic nitrogens is 2. The van der Waals surface area contributed by atoms with Gasteiger partial charge in [-0.2, -0.15) is 5.26 Å². The van der Waals surface area contributed by atoms with Crippen molar-refractivity contribution in [3.8, 4) is 24.2 Å². The molecule has 1 aromatic heterocycles. The number of benzene rings is 1. The molecule has 0 spiro atoms. The molecule has 1 aromatic carbocycles. The van der Waals surface area contributed by atoms with E-state index in [0.29, 0.717) is 11.3 Å². The summed E-state index contributed by atoms with van der Waals surface area (Å²) in [5.74, 6) is 1.49. The van der Waals surface area contributed by atoms with Gasteiger partial charge in [-0.05, 0) is 12.1 Å².